The molecule has 0 aliphatic carbocycles. The molecule has 174 valence electrons. The molecule has 0 saturated carbocycles. The van der Waals surface area contributed by atoms with Gasteiger partial charge in [-0.25, -0.2) is 9.37 Å². The molecule has 1 aliphatic rings. The molecule has 1 aliphatic heterocycles. The maximum absolute atomic E-state index is 14.4. The van der Waals surface area contributed by atoms with E-state index in [0.29, 0.717) is 48.7 Å². The fourth-order valence-corrected chi connectivity index (χ4v) is 4.25. The van der Waals surface area contributed by atoms with Crippen LogP contribution in [-0.2, 0) is 17.8 Å². The average molecular weight is 491 g/mol. The summed E-state index contributed by atoms with van der Waals surface area (Å²) >= 11 is 12.4. The molecule has 3 aromatic rings. The summed E-state index contributed by atoms with van der Waals surface area (Å²) in [4.78, 5) is 21.7. The number of halogens is 3. The Morgan fingerprint density at radius 3 is 2.70 bits per heavy atom. The SMILES string of the molecule is O=C(c1ccccc1F)N(CCN1CCOCC1)Cc1nccn1Cc1ccc(Cl)cc1Cl. The maximum atomic E-state index is 14.4. The van der Waals surface area contributed by atoms with Gasteiger partial charge in [0.2, 0.25) is 0 Å². The topological polar surface area (TPSA) is 50.6 Å². The van der Waals surface area contributed by atoms with Crippen LogP contribution in [0.2, 0.25) is 10.0 Å². The van der Waals surface area contributed by atoms with Crippen molar-refractivity contribution in [2.75, 3.05) is 39.4 Å². The summed E-state index contributed by atoms with van der Waals surface area (Å²) in [6, 6.07) is 11.4. The van der Waals surface area contributed by atoms with Crippen molar-refractivity contribution in [3.63, 3.8) is 0 Å². The molecule has 0 spiro atoms. The van der Waals surface area contributed by atoms with Crippen molar-refractivity contribution in [2.24, 2.45) is 0 Å². The molecule has 0 bridgehead atoms. The van der Waals surface area contributed by atoms with Crippen molar-refractivity contribution in [3.05, 3.63) is 87.7 Å². The van der Waals surface area contributed by atoms with E-state index in [1.165, 1.54) is 12.1 Å². The normalized spacial score (nSPS) is 14.4. The number of hydrogen-bond donors (Lipinski definition) is 0. The molecule has 9 heteroatoms. The van der Waals surface area contributed by atoms with Crippen LogP contribution in [0.4, 0.5) is 4.39 Å². The summed E-state index contributed by atoms with van der Waals surface area (Å²) in [5.74, 6) is -0.205. The highest BCUT2D eigenvalue weighted by Crippen LogP contribution is 2.22. The molecular formula is C24H25Cl2FN4O2. The largest absolute Gasteiger partial charge is 0.379 e. The number of rotatable bonds is 8. The second-order valence-electron chi connectivity index (χ2n) is 7.87. The summed E-state index contributed by atoms with van der Waals surface area (Å²) < 4.78 is 21.7. The van der Waals surface area contributed by atoms with E-state index in [9.17, 15) is 9.18 Å². The standard InChI is InChI=1S/C24H25Cl2FN4O2/c25-19-6-5-18(21(26)15-19)16-30-8-7-28-23(30)17-31(10-9-29-11-13-33-14-12-29)24(32)20-3-1-2-4-22(20)27/h1-8,15H,9-14,16-17H2. The van der Waals surface area contributed by atoms with E-state index in [0.717, 1.165) is 18.7 Å². The van der Waals surface area contributed by atoms with E-state index in [4.69, 9.17) is 27.9 Å². The van der Waals surface area contributed by atoms with Gasteiger partial charge in [-0.3, -0.25) is 9.69 Å². The van der Waals surface area contributed by atoms with Gasteiger partial charge in [-0.05, 0) is 29.8 Å². The fourth-order valence-electron chi connectivity index (χ4n) is 3.78. The van der Waals surface area contributed by atoms with E-state index in [1.807, 2.05) is 16.8 Å². The summed E-state index contributed by atoms with van der Waals surface area (Å²) in [5, 5.41) is 1.13. The highest BCUT2D eigenvalue weighted by Gasteiger charge is 2.22. The predicted octanol–water partition coefficient (Wildman–Crippen LogP) is 4.35. The van der Waals surface area contributed by atoms with Crippen molar-refractivity contribution in [1.82, 2.24) is 19.4 Å². The van der Waals surface area contributed by atoms with E-state index in [2.05, 4.69) is 9.88 Å². The molecule has 0 N–H and O–H groups in total. The summed E-state index contributed by atoms with van der Waals surface area (Å²) in [7, 11) is 0. The lowest BCUT2D eigenvalue weighted by Crippen LogP contribution is -2.43. The van der Waals surface area contributed by atoms with Gasteiger partial charge in [0.05, 0.1) is 31.9 Å². The van der Waals surface area contributed by atoms with Crippen LogP contribution in [-0.4, -0.2) is 64.7 Å². The molecule has 33 heavy (non-hydrogen) atoms. The van der Waals surface area contributed by atoms with Crippen LogP contribution in [0.25, 0.3) is 0 Å². The Balaban J connectivity index is 1.54. The van der Waals surface area contributed by atoms with Crippen LogP contribution in [0.15, 0.2) is 54.9 Å². The van der Waals surface area contributed by atoms with Gasteiger partial charge < -0.3 is 14.2 Å². The Bertz CT molecular complexity index is 1100. The number of benzene rings is 2. The Labute approximate surface area is 202 Å². The first-order valence-corrected chi connectivity index (χ1v) is 11.5. The van der Waals surface area contributed by atoms with Crippen molar-refractivity contribution in [2.45, 2.75) is 13.1 Å². The third-order valence-electron chi connectivity index (χ3n) is 5.67. The molecule has 0 atom stereocenters. The van der Waals surface area contributed by atoms with E-state index < -0.39 is 5.82 Å². The molecule has 2 aromatic carbocycles. The lowest BCUT2D eigenvalue weighted by molar-refractivity contribution is 0.0318. The minimum absolute atomic E-state index is 0.0540. The number of carbonyl (C=O) groups excluding carboxylic acids is 1. The quantitative estimate of drug-likeness (QED) is 0.470. The third-order valence-corrected chi connectivity index (χ3v) is 6.26. The van der Waals surface area contributed by atoms with Gasteiger partial charge in [0, 0.05) is 48.6 Å². The lowest BCUT2D eigenvalue weighted by atomic mass is 10.2. The van der Waals surface area contributed by atoms with Gasteiger partial charge >= 0.3 is 0 Å². The van der Waals surface area contributed by atoms with E-state index >= 15 is 0 Å². The van der Waals surface area contributed by atoms with E-state index in [1.54, 1.807) is 35.4 Å². The highest BCUT2D eigenvalue weighted by atomic mass is 35.5. The number of imidazole rings is 1. The zero-order valence-electron chi connectivity index (χ0n) is 18.1. The minimum Gasteiger partial charge on any atom is -0.379 e. The molecule has 6 nitrogen and oxygen atoms in total. The Kier molecular flexibility index (Phi) is 7.98. The van der Waals surface area contributed by atoms with Crippen molar-refractivity contribution < 1.29 is 13.9 Å². The zero-order valence-corrected chi connectivity index (χ0v) is 19.6. The van der Waals surface area contributed by atoms with Crippen LogP contribution < -0.4 is 0 Å². The first-order valence-electron chi connectivity index (χ1n) is 10.8. The van der Waals surface area contributed by atoms with Gasteiger partial charge in [0.25, 0.3) is 5.91 Å². The number of amides is 1. The number of aromatic nitrogens is 2. The van der Waals surface area contributed by atoms with Crippen LogP contribution in [0.3, 0.4) is 0 Å². The molecular weight excluding hydrogens is 466 g/mol. The van der Waals surface area contributed by atoms with Gasteiger partial charge in [-0.1, -0.05) is 41.4 Å². The van der Waals surface area contributed by atoms with Crippen molar-refractivity contribution >= 4 is 29.1 Å². The number of carbonyl (C=O) groups is 1. The van der Waals surface area contributed by atoms with Crippen LogP contribution in [0.5, 0.6) is 0 Å². The van der Waals surface area contributed by atoms with Gasteiger partial charge in [-0.15, -0.1) is 0 Å². The Morgan fingerprint density at radius 2 is 1.94 bits per heavy atom. The molecule has 2 heterocycles. The summed E-state index contributed by atoms with van der Waals surface area (Å²) in [6.45, 7) is 4.82. The molecule has 1 fully saturated rings. The zero-order chi connectivity index (χ0) is 23.2. The van der Waals surface area contributed by atoms with Crippen molar-refractivity contribution in [3.8, 4) is 0 Å². The van der Waals surface area contributed by atoms with E-state index in [-0.39, 0.29) is 18.0 Å². The second kappa shape index (κ2) is 11.1. The summed E-state index contributed by atoms with van der Waals surface area (Å²) in [6.07, 6.45) is 3.53. The molecule has 0 unspecified atom stereocenters. The number of morpholine rings is 1. The summed E-state index contributed by atoms with van der Waals surface area (Å²) in [5.41, 5.74) is 0.943. The number of hydrogen-bond acceptors (Lipinski definition) is 4. The Hall–Kier alpha value is -2.45. The van der Waals surface area contributed by atoms with Gasteiger partial charge in [0.15, 0.2) is 0 Å². The predicted molar refractivity (Wildman–Crippen MR) is 126 cm³/mol. The van der Waals surface area contributed by atoms with Crippen LogP contribution in [0.1, 0.15) is 21.7 Å². The molecule has 4 rings (SSSR count). The van der Waals surface area contributed by atoms with Gasteiger partial charge in [0.1, 0.15) is 11.6 Å². The van der Waals surface area contributed by atoms with Crippen LogP contribution in [0, 0.1) is 5.82 Å². The second-order valence-corrected chi connectivity index (χ2v) is 8.71. The minimum atomic E-state index is -0.532. The molecule has 0 radical (unpaired) electrons. The molecule has 1 saturated heterocycles. The number of ether oxygens (including phenoxy) is 1. The number of nitrogens with zero attached hydrogens (tertiary/aromatic N) is 4. The third kappa shape index (κ3) is 6.12. The first kappa shape index (κ1) is 23.7. The fraction of sp³-hybridized carbons (Fsp3) is 0.333. The lowest BCUT2D eigenvalue weighted by Gasteiger charge is -2.30. The first-order chi connectivity index (χ1) is 16.0. The molecule has 1 aromatic heterocycles. The maximum Gasteiger partial charge on any atom is 0.257 e. The van der Waals surface area contributed by atoms with Crippen LogP contribution >= 0.6 is 23.2 Å². The smallest absolute Gasteiger partial charge is 0.257 e. The monoisotopic (exact) mass is 490 g/mol. The highest BCUT2D eigenvalue weighted by molar-refractivity contribution is 6.35. The van der Waals surface area contributed by atoms with Gasteiger partial charge in [-0.2, -0.15) is 0 Å². The Morgan fingerprint density at radius 1 is 1.15 bits per heavy atom. The molecule has 1 amide bonds. The average Bonchev–Trinajstić information content (AvgIpc) is 3.25. The van der Waals surface area contributed by atoms with Crippen molar-refractivity contribution in [1.29, 1.82) is 0 Å².